The van der Waals surface area contributed by atoms with Gasteiger partial charge in [-0.3, -0.25) is 4.90 Å². The molecule has 1 N–H and O–H groups in total. The number of benzene rings is 3. The third kappa shape index (κ3) is 9.52. The summed E-state index contributed by atoms with van der Waals surface area (Å²) in [5.41, 5.74) is 4.27. The van der Waals surface area contributed by atoms with Crippen molar-refractivity contribution in [2.24, 2.45) is 23.2 Å². The van der Waals surface area contributed by atoms with Gasteiger partial charge in [0.25, 0.3) is 0 Å². The van der Waals surface area contributed by atoms with Crippen LogP contribution in [0.3, 0.4) is 0 Å². The van der Waals surface area contributed by atoms with Gasteiger partial charge in [-0.25, -0.2) is 12.9 Å². The molecule has 2 bridgehead atoms. The maximum absolute atomic E-state index is 15.5. The summed E-state index contributed by atoms with van der Waals surface area (Å²) in [7, 11) is 6.47. The maximum atomic E-state index is 15.5. The molecule has 3 aromatic carbocycles. The number of carbonyl (C=O) groups excluding carboxylic acids is 1. The van der Waals surface area contributed by atoms with Crippen LogP contribution in [0.5, 0.6) is 5.75 Å². The van der Waals surface area contributed by atoms with E-state index in [4.69, 9.17) is 16.3 Å². The standard InChI is InChI=1S/C31H37ClFN3O3S.C11H21N/c1-34(2)20-27(17-23-8-5-4-6-9-23)35(21-28-29(32)12-13-30(39-3)31(28)33)18-24-10-7-11-25(16-24)19-36-26(22-37)14-15-40(36)38;1-7-9-5-8(11(9,2)3)6-10(7)12-4/h4-13,16,22,26-27H,14-15,17-21H2,1-3H3;7-10,12H,5-6H2,1-4H3/t26?,27-,40?;7-,8?,9?,10?/m00/s1. The van der Waals surface area contributed by atoms with Gasteiger partial charge in [0.15, 0.2) is 11.6 Å². The van der Waals surface area contributed by atoms with Crippen molar-refractivity contribution in [1.29, 1.82) is 0 Å². The monoisotopic (exact) mass is 752 g/mol. The van der Waals surface area contributed by atoms with E-state index in [-0.39, 0.29) is 17.8 Å². The highest BCUT2D eigenvalue weighted by atomic mass is 35.5. The van der Waals surface area contributed by atoms with Crippen LogP contribution in [0.1, 0.15) is 62.3 Å². The Morgan fingerprint density at radius 3 is 2.40 bits per heavy atom. The first-order valence-electron chi connectivity index (χ1n) is 18.6. The summed E-state index contributed by atoms with van der Waals surface area (Å²) in [6.07, 6.45) is 5.17. The Labute approximate surface area is 318 Å². The number of aldehydes is 1. The summed E-state index contributed by atoms with van der Waals surface area (Å²) in [4.78, 5) is 15.9. The Hall–Kier alpha value is -2.66. The molecule has 1 aliphatic heterocycles. The minimum absolute atomic E-state index is 0.0493. The number of halogens is 2. The first kappa shape index (κ1) is 40.5. The van der Waals surface area contributed by atoms with Crippen LogP contribution in [0.2, 0.25) is 5.02 Å². The van der Waals surface area contributed by atoms with Crippen LogP contribution in [0.15, 0.2) is 66.7 Å². The Morgan fingerprint density at radius 2 is 1.77 bits per heavy atom. The molecule has 4 aliphatic rings. The first-order valence-corrected chi connectivity index (χ1v) is 20.3. The molecule has 3 aromatic rings. The van der Waals surface area contributed by atoms with Gasteiger partial charge in [-0.15, -0.1) is 0 Å². The smallest absolute Gasteiger partial charge is 0.171 e. The van der Waals surface area contributed by atoms with Gasteiger partial charge in [0, 0.05) is 54.6 Å². The number of hydrogen-bond donors (Lipinski definition) is 1. The van der Waals surface area contributed by atoms with E-state index in [9.17, 15) is 9.00 Å². The third-order valence-electron chi connectivity index (χ3n) is 12.0. The molecule has 1 saturated heterocycles. The van der Waals surface area contributed by atoms with Crippen LogP contribution in [0.25, 0.3) is 0 Å². The molecule has 4 fully saturated rings. The van der Waals surface area contributed by atoms with Gasteiger partial charge >= 0.3 is 0 Å². The molecule has 0 spiro atoms. The van der Waals surface area contributed by atoms with E-state index in [0.717, 1.165) is 54.2 Å². The van der Waals surface area contributed by atoms with Crippen LogP contribution >= 0.6 is 11.6 Å². The quantitative estimate of drug-likeness (QED) is 0.174. The van der Waals surface area contributed by atoms with Gasteiger partial charge < -0.3 is 19.7 Å². The van der Waals surface area contributed by atoms with E-state index in [0.29, 0.717) is 47.8 Å². The second-order valence-electron chi connectivity index (χ2n) is 15.8. The number of nitrogens with one attached hydrogen (secondary N) is 1. The van der Waals surface area contributed by atoms with Crippen molar-refractivity contribution < 1.29 is 18.1 Å². The van der Waals surface area contributed by atoms with Gasteiger partial charge in [-0.2, -0.15) is 0 Å². The van der Waals surface area contributed by atoms with E-state index in [1.165, 1.54) is 25.5 Å². The van der Waals surface area contributed by atoms with Gasteiger partial charge in [0.05, 0.1) is 24.1 Å². The number of likely N-dealkylation sites (N-methyl/N-ethyl adjacent to an activating group) is 1. The average molecular weight is 753 g/mol. The van der Waals surface area contributed by atoms with Crippen molar-refractivity contribution in [2.75, 3.05) is 40.6 Å². The highest BCUT2D eigenvalue weighted by Crippen LogP contribution is 2.61. The van der Waals surface area contributed by atoms with Gasteiger partial charge in [0.1, 0.15) is 6.29 Å². The summed E-state index contributed by atoms with van der Waals surface area (Å²) < 4.78 is 35.0. The van der Waals surface area contributed by atoms with E-state index < -0.39 is 16.8 Å². The van der Waals surface area contributed by atoms with Crippen molar-refractivity contribution in [3.63, 3.8) is 0 Å². The van der Waals surface area contributed by atoms with Crippen molar-refractivity contribution in [3.05, 3.63) is 99.8 Å². The van der Waals surface area contributed by atoms with Crippen LogP contribution < -0.4 is 10.1 Å². The number of ether oxygens (including phenoxy) is 1. The highest BCUT2D eigenvalue weighted by molar-refractivity contribution is 7.82. The maximum Gasteiger partial charge on any atom is 0.171 e. The largest absolute Gasteiger partial charge is 0.494 e. The van der Waals surface area contributed by atoms with Crippen LogP contribution in [0.4, 0.5) is 4.39 Å². The normalized spacial score (nSPS) is 25.7. The molecular weight excluding hydrogens is 695 g/mol. The van der Waals surface area contributed by atoms with Crippen molar-refractivity contribution in [3.8, 4) is 5.75 Å². The Morgan fingerprint density at radius 1 is 1.06 bits per heavy atom. The lowest BCUT2D eigenvalue weighted by Gasteiger charge is -2.62. The minimum Gasteiger partial charge on any atom is -0.494 e. The van der Waals surface area contributed by atoms with Gasteiger partial charge in [-0.05, 0) is 98.8 Å². The van der Waals surface area contributed by atoms with E-state index >= 15 is 4.39 Å². The van der Waals surface area contributed by atoms with Crippen molar-refractivity contribution in [1.82, 2.24) is 19.4 Å². The average Bonchev–Trinajstić information content (AvgIpc) is 3.48. The van der Waals surface area contributed by atoms with Gasteiger partial charge in [0.2, 0.25) is 0 Å². The van der Waals surface area contributed by atoms with E-state index in [1.807, 2.05) is 50.5 Å². The zero-order valence-corrected chi connectivity index (χ0v) is 33.6. The van der Waals surface area contributed by atoms with E-state index in [1.54, 1.807) is 16.4 Å². The summed E-state index contributed by atoms with van der Waals surface area (Å²) in [6, 6.07) is 22.1. The topological polar surface area (TPSA) is 65.1 Å². The summed E-state index contributed by atoms with van der Waals surface area (Å²) in [6.45, 7) is 9.36. The lowest BCUT2D eigenvalue weighted by molar-refractivity contribution is -0.113. The molecule has 7 atom stereocenters. The lowest BCUT2D eigenvalue weighted by Crippen LogP contribution is -2.59. The fourth-order valence-electron chi connectivity index (χ4n) is 8.74. The molecule has 284 valence electrons. The van der Waals surface area contributed by atoms with Crippen molar-refractivity contribution >= 4 is 28.9 Å². The number of methoxy groups -OCH3 is 1. The molecule has 5 unspecified atom stereocenters. The molecule has 10 heteroatoms. The Bertz CT molecular complexity index is 1660. The molecule has 0 amide bonds. The SMILES string of the molecule is CNC1CC2CC([C@@H]1C)C2(C)C.COc1ccc(Cl)c(CN(Cc2cccc(CN3C(C=O)CCS3=O)c2)[C@@H](Cc2ccccc2)CN(C)C)c1F. The molecule has 7 nitrogen and oxygen atoms in total. The lowest BCUT2D eigenvalue weighted by atomic mass is 9.45. The van der Waals surface area contributed by atoms with E-state index in [2.05, 4.69) is 61.1 Å². The molecule has 3 saturated carbocycles. The molecule has 1 heterocycles. The summed E-state index contributed by atoms with van der Waals surface area (Å²) >= 11 is 6.54. The second kappa shape index (κ2) is 18.1. The van der Waals surface area contributed by atoms with Gasteiger partial charge in [-0.1, -0.05) is 87.0 Å². The Balaban J connectivity index is 0.000000365. The third-order valence-corrected chi connectivity index (χ3v) is 13.8. The number of hydrogen-bond acceptors (Lipinski definition) is 6. The molecule has 0 aromatic heterocycles. The first-order chi connectivity index (χ1) is 24.9. The summed E-state index contributed by atoms with van der Waals surface area (Å²) in [5, 5.41) is 3.81. The number of rotatable bonds is 14. The molecule has 7 rings (SSSR count). The molecule has 0 radical (unpaired) electrons. The number of nitrogens with zero attached hydrogens (tertiary/aromatic N) is 3. The highest BCUT2D eigenvalue weighted by Gasteiger charge is 2.55. The number of carbonyl (C=O) groups is 1. The predicted octanol–water partition coefficient (Wildman–Crippen LogP) is 7.38. The summed E-state index contributed by atoms with van der Waals surface area (Å²) in [5.74, 6) is 3.08. The number of fused-ring (bicyclic) bond motifs is 2. The Kier molecular flexibility index (Phi) is 14.1. The predicted molar refractivity (Wildman–Crippen MR) is 211 cm³/mol. The fraction of sp³-hybridized carbons (Fsp3) is 0.548. The molecular formula is C42H58ClFN4O3S. The van der Waals surface area contributed by atoms with Crippen molar-refractivity contribution in [2.45, 2.75) is 84.2 Å². The van der Waals surface area contributed by atoms with Crippen LogP contribution in [-0.2, 0) is 41.8 Å². The molecule has 52 heavy (non-hydrogen) atoms. The van der Waals surface area contributed by atoms with Crippen LogP contribution in [-0.4, -0.2) is 83.3 Å². The zero-order chi connectivity index (χ0) is 37.6. The molecule has 3 aliphatic carbocycles. The second-order valence-corrected chi connectivity index (χ2v) is 17.7. The zero-order valence-electron chi connectivity index (χ0n) is 32.0. The van der Waals surface area contributed by atoms with Crippen LogP contribution in [0, 0.1) is 29.0 Å². The minimum atomic E-state index is -1.16. The fourth-order valence-corrected chi connectivity index (χ4v) is 10.4.